The Hall–Kier alpha value is -1.77. The van der Waals surface area contributed by atoms with Gasteiger partial charge in [-0.15, -0.1) is 0 Å². The number of hydrogen-bond donors (Lipinski definition) is 2. The SMILES string of the molecule is CC(C#N)CN(C)C(=O)NCC1(C(=O)O)CCCCC1. The van der Waals surface area contributed by atoms with Gasteiger partial charge in [-0.2, -0.15) is 5.26 Å². The molecule has 1 rings (SSSR count). The molecule has 1 aliphatic carbocycles. The minimum atomic E-state index is -0.828. The molecule has 0 aromatic heterocycles. The summed E-state index contributed by atoms with van der Waals surface area (Å²) < 4.78 is 0. The van der Waals surface area contributed by atoms with Gasteiger partial charge in [-0.3, -0.25) is 4.79 Å². The molecule has 1 fully saturated rings. The predicted molar refractivity (Wildman–Crippen MR) is 74.0 cm³/mol. The molecule has 20 heavy (non-hydrogen) atoms. The number of aliphatic carboxylic acids is 1. The maximum Gasteiger partial charge on any atom is 0.317 e. The van der Waals surface area contributed by atoms with Crippen LogP contribution in [0, 0.1) is 22.7 Å². The fourth-order valence-electron chi connectivity index (χ4n) is 2.61. The topological polar surface area (TPSA) is 93.4 Å². The monoisotopic (exact) mass is 281 g/mol. The number of nitrogens with one attached hydrogen (secondary N) is 1. The fourth-order valence-corrected chi connectivity index (χ4v) is 2.61. The number of nitriles is 1. The van der Waals surface area contributed by atoms with Crippen molar-refractivity contribution in [3.8, 4) is 6.07 Å². The molecular weight excluding hydrogens is 258 g/mol. The number of carboxylic acids is 1. The Morgan fingerprint density at radius 2 is 2.00 bits per heavy atom. The summed E-state index contributed by atoms with van der Waals surface area (Å²) in [6.07, 6.45) is 4.07. The van der Waals surface area contributed by atoms with E-state index in [9.17, 15) is 14.7 Å². The minimum Gasteiger partial charge on any atom is -0.481 e. The zero-order valence-corrected chi connectivity index (χ0v) is 12.2. The van der Waals surface area contributed by atoms with E-state index < -0.39 is 11.4 Å². The number of nitrogens with zero attached hydrogens (tertiary/aromatic N) is 2. The Morgan fingerprint density at radius 3 is 2.50 bits per heavy atom. The summed E-state index contributed by atoms with van der Waals surface area (Å²) >= 11 is 0. The van der Waals surface area contributed by atoms with Gasteiger partial charge in [0.2, 0.25) is 0 Å². The van der Waals surface area contributed by atoms with Crippen LogP contribution in [0.5, 0.6) is 0 Å². The quantitative estimate of drug-likeness (QED) is 0.803. The van der Waals surface area contributed by atoms with Crippen LogP contribution in [0.25, 0.3) is 0 Å². The Labute approximate surface area is 119 Å². The summed E-state index contributed by atoms with van der Waals surface area (Å²) in [5.74, 6) is -1.07. The minimum absolute atomic E-state index is 0.159. The van der Waals surface area contributed by atoms with E-state index in [1.54, 1.807) is 14.0 Å². The first-order chi connectivity index (χ1) is 9.41. The van der Waals surface area contributed by atoms with Gasteiger partial charge in [0.1, 0.15) is 0 Å². The maximum absolute atomic E-state index is 11.9. The lowest BCUT2D eigenvalue weighted by atomic mass is 9.74. The highest BCUT2D eigenvalue weighted by Crippen LogP contribution is 2.36. The van der Waals surface area contributed by atoms with Crippen molar-refractivity contribution in [1.29, 1.82) is 5.26 Å². The van der Waals surface area contributed by atoms with Crippen LogP contribution in [0.4, 0.5) is 4.79 Å². The van der Waals surface area contributed by atoms with Crippen molar-refractivity contribution >= 4 is 12.0 Å². The Bertz CT molecular complexity index is 397. The normalized spacial score (nSPS) is 18.6. The van der Waals surface area contributed by atoms with E-state index in [1.807, 2.05) is 0 Å². The van der Waals surface area contributed by atoms with E-state index in [2.05, 4.69) is 11.4 Å². The van der Waals surface area contributed by atoms with Gasteiger partial charge in [0, 0.05) is 20.1 Å². The summed E-state index contributed by atoms with van der Waals surface area (Å²) in [4.78, 5) is 24.8. The average Bonchev–Trinajstić information content (AvgIpc) is 2.45. The van der Waals surface area contributed by atoms with Crippen molar-refractivity contribution < 1.29 is 14.7 Å². The molecule has 2 N–H and O–H groups in total. The Kier molecular flexibility index (Phi) is 5.81. The molecule has 0 heterocycles. The molecule has 0 aromatic carbocycles. The molecule has 0 radical (unpaired) electrons. The van der Waals surface area contributed by atoms with Gasteiger partial charge in [0.25, 0.3) is 0 Å². The van der Waals surface area contributed by atoms with Crippen LogP contribution in [0.15, 0.2) is 0 Å². The lowest BCUT2D eigenvalue weighted by Crippen LogP contribution is -2.48. The van der Waals surface area contributed by atoms with Crippen molar-refractivity contribution in [3.63, 3.8) is 0 Å². The highest BCUT2D eigenvalue weighted by molar-refractivity contribution is 5.78. The van der Waals surface area contributed by atoms with Crippen molar-refractivity contribution in [1.82, 2.24) is 10.2 Å². The van der Waals surface area contributed by atoms with Gasteiger partial charge >= 0.3 is 12.0 Å². The van der Waals surface area contributed by atoms with Crippen LogP contribution < -0.4 is 5.32 Å². The van der Waals surface area contributed by atoms with Crippen LogP contribution in [0.3, 0.4) is 0 Å². The van der Waals surface area contributed by atoms with Gasteiger partial charge in [-0.1, -0.05) is 19.3 Å². The number of carboxylic acid groups (broad SMARTS) is 1. The van der Waals surface area contributed by atoms with E-state index in [0.717, 1.165) is 19.3 Å². The first-order valence-corrected chi connectivity index (χ1v) is 7.03. The molecular formula is C14H23N3O3. The first kappa shape index (κ1) is 16.3. The standard InChI is InChI=1S/C14H23N3O3/c1-11(8-15)9-17(2)13(20)16-10-14(12(18)19)6-4-3-5-7-14/h11H,3-7,9-10H2,1-2H3,(H,16,20)(H,18,19). The van der Waals surface area contributed by atoms with Gasteiger partial charge in [0.05, 0.1) is 17.4 Å². The third-order valence-corrected chi connectivity index (χ3v) is 3.96. The second-order valence-corrected chi connectivity index (χ2v) is 5.72. The molecule has 1 unspecified atom stereocenters. The van der Waals surface area contributed by atoms with Crippen LogP contribution in [0.2, 0.25) is 0 Å². The summed E-state index contributed by atoms with van der Waals surface area (Å²) in [6, 6.07) is 1.75. The fraction of sp³-hybridized carbons (Fsp3) is 0.786. The third kappa shape index (κ3) is 4.12. The summed E-state index contributed by atoms with van der Waals surface area (Å²) in [7, 11) is 1.61. The molecule has 0 bridgehead atoms. The van der Waals surface area contributed by atoms with Crippen LogP contribution in [-0.4, -0.2) is 42.1 Å². The second kappa shape index (κ2) is 7.13. The summed E-state index contributed by atoms with van der Waals surface area (Å²) in [5, 5.41) is 20.8. The van der Waals surface area contributed by atoms with Crippen molar-refractivity contribution in [3.05, 3.63) is 0 Å². The molecule has 1 atom stereocenters. The number of urea groups is 1. The van der Waals surface area contributed by atoms with Crippen molar-refractivity contribution in [2.45, 2.75) is 39.0 Å². The maximum atomic E-state index is 11.9. The smallest absolute Gasteiger partial charge is 0.317 e. The van der Waals surface area contributed by atoms with Gasteiger partial charge < -0.3 is 15.3 Å². The van der Waals surface area contributed by atoms with Gasteiger partial charge in [-0.05, 0) is 19.8 Å². The molecule has 1 saturated carbocycles. The zero-order chi connectivity index (χ0) is 15.2. The van der Waals surface area contributed by atoms with Crippen molar-refractivity contribution in [2.24, 2.45) is 11.3 Å². The highest BCUT2D eigenvalue weighted by Gasteiger charge is 2.39. The molecule has 2 amide bonds. The largest absolute Gasteiger partial charge is 0.481 e. The van der Waals surface area contributed by atoms with Crippen LogP contribution >= 0.6 is 0 Å². The Morgan fingerprint density at radius 1 is 1.40 bits per heavy atom. The second-order valence-electron chi connectivity index (χ2n) is 5.72. The van der Waals surface area contributed by atoms with E-state index in [1.165, 1.54) is 4.90 Å². The van der Waals surface area contributed by atoms with Gasteiger partial charge in [-0.25, -0.2) is 4.79 Å². The number of rotatable bonds is 5. The molecule has 0 spiro atoms. The predicted octanol–water partition coefficient (Wildman–Crippen LogP) is 1.82. The molecule has 6 nitrogen and oxygen atoms in total. The first-order valence-electron chi connectivity index (χ1n) is 7.03. The van der Waals surface area contributed by atoms with Crippen molar-refractivity contribution in [2.75, 3.05) is 20.1 Å². The molecule has 112 valence electrons. The number of amides is 2. The molecule has 0 aromatic rings. The average molecular weight is 281 g/mol. The van der Waals surface area contributed by atoms with E-state index in [0.29, 0.717) is 19.4 Å². The van der Waals surface area contributed by atoms with Crippen LogP contribution in [0.1, 0.15) is 39.0 Å². The summed E-state index contributed by atoms with van der Waals surface area (Å²) in [6.45, 7) is 2.23. The highest BCUT2D eigenvalue weighted by atomic mass is 16.4. The molecule has 1 aliphatic rings. The van der Waals surface area contributed by atoms with E-state index in [-0.39, 0.29) is 18.5 Å². The lowest BCUT2D eigenvalue weighted by Gasteiger charge is -2.33. The van der Waals surface area contributed by atoms with Gasteiger partial charge in [0.15, 0.2) is 0 Å². The zero-order valence-electron chi connectivity index (χ0n) is 12.2. The number of hydrogen-bond acceptors (Lipinski definition) is 3. The van der Waals surface area contributed by atoms with E-state index in [4.69, 9.17) is 5.26 Å². The molecule has 0 aliphatic heterocycles. The Balaban J connectivity index is 2.53. The van der Waals surface area contributed by atoms with Crippen LogP contribution in [-0.2, 0) is 4.79 Å². The molecule has 0 saturated heterocycles. The summed E-state index contributed by atoms with van der Waals surface area (Å²) in [5.41, 5.74) is -0.824. The third-order valence-electron chi connectivity index (χ3n) is 3.96. The lowest BCUT2D eigenvalue weighted by molar-refractivity contribution is -0.150. The van der Waals surface area contributed by atoms with E-state index >= 15 is 0 Å². The number of carbonyl (C=O) groups excluding carboxylic acids is 1. The number of carbonyl (C=O) groups is 2. The molecule has 6 heteroatoms.